The van der Waals surface area contributed by atoms with Crippen LogP contribution in [0.4, 0.5) is 0 Å². The highest BCUT2D eigenvalue weighted by Gasteiger charge is 2.46. The van der Waals surface area contributed by atoms with Gasteiger partial charge in [0, 0.05) is 11.3 Å². The van der Waals surface area contributed by atoms with Crippen LogP contribution in [0, 0.1) is 5.92 Å². The Morgan fingerprint density at radius 2 is 1.60 bits per heavy atom. The van der Waals surface area contributed by atoms with Crippen LogP contribution in [0.2, 0.25) is 0 Å². The maximum Gasteiger partial charge on any atom is 0.309 e. The second kappa shape index (κ2) is 10.5. The Hall–Kier alpha value is -3.19. The van der Waals surface area contributed by atoms with Crippen molar-refractivity contribution in [2.75, 3.05) is 0 Å². The summed E-state index contributed by atoms with van der Waals surface area (Å²) in [4.78, 5) is 27.7. The van der Waals surface area contributed by atoms with Crippen LogP contribution in [0.3, 0.4) is 0 Å². The lowest BCUT2D eigenvalue weighted by atomic mass is 9.91. The number of carbonyl (C=O) groups excluding carboxylic acids is 1. The topological polar surface area (TPSA) is 122 Å². The van der Waals surface area contributed by atoms with Gasteiger partial charge in [0.1, 0.15) is 12.2 Å². The molecular weight excluding hydrogens is 386 g/mol. The van der Waals surface area contributed by atoms with Gasteiger partial charge in [0.2, 0.25) is 0 Å². The molecule has 0 spiro atoms. The van der Waals surface area contributed by atoms with Gasteiger partial charge < -0.3 is 14.6 Å². The molecule has 0 radical (unpaired) electrons. The number of carboxylic acids is 1. The van der Waals surface area contributed by atoms with Gasteiger partial charge in [-0.25, -0.2) is 0 Å². The van der Waals surface area contributed by atoms with E-state index in [9.17, 15) is 14.7 Å². The van der Waals surface area contributed by atoms with Gasteiger partial charge in [-0.1, -0.05) is 65.8 Å². The molecule has 30 heavy (non-hydrogen) atoms. The van der Waals surface area contributed by atoms with Gasteiger partial charge in [0.25, 0.3) is 0 Å². The zero-order chi connectivity index (χ0) is 21.3. The zero-order valence-corrected chi connectivity index (χ0v) is 16.3. The molecular formula is C22H23N3O5. The van der Waals surface area contributed by atoms with Crippen LogP contribution in [0.5, 0.6) is 0 Å². The summed E-state index contributed by atoms with van der Waals surface area (Å²) in [5.41, 5.74) is 10.6. The number of hydrogen-bond donors (Lipinski definition) is 1. The molecule has 0 amide bonds. The number of carbonyl (C=O) groups is 2. The Morgan fingerprint density at radius 3 is 2.13 bits per heavy atom. The second-order valence-electron chi connectivity index (χ2n) is 7.12. The van der Waals surface area contributed by atoms with E-state index >= 15 is 0 Å². The number of aliphatic carboxylic acids is 1. The number of ether oxygens (including phenoxy) is 2. The summed E-state index contributed by atoms with van der Waals surface area (Å²) in [6.07, 6.45) is -1.97. The Labute approximate surface area is 174 Å². The van der Waals surface area contributed by atoms with Crippen LogP contribution in [-0.4, -0.2) is 35.1 Å². The van der Waals surface area contributed by atoms with Crippen LogP contribution in [0.15, 0.2) is 65.8 Å². The third-order valence-corrected chi connectivity index (χ3v) is 5.11. The normalized spacial score (nSPS) is 23.9. The third kappa shape index (κ3) is 5.45. The van der Waals surface area contributed by atoms with Crippen molar-refractivity contribution in [2.24, 2.45) is 11.0 Å². The number of Topliss-reactive ketones (excluding diaryl/α,β-unsaturated/α-hetero) is 1. The molecule has 0 heterocycles. The molecule has 156 valence electrons. The number of carboxylic acid groups (broad SMARTS) is 1. The van der Waals surface area contributed by atoms with Gasteiger partial charge in [0.05, 0.1) is 25.2 Å². The number of azide groups is 1. The van der Waals surface area contributed by atoms with E-state index in [4.69, 9.17) is 15.0 Å². The monoisotopic (exact) mass is 409 g/mol. The minimum absolute atomic E-state index is 0.0537. The van der Waals surface area contributed by atoms with Crippen molar-refractivity contribution in [1.29, 1.82) is 0 Å². The van der Waals surface area contributed by atoms with E-state index in [1.807, 2.05) is 60.7 Å². The lowest BCUT2D eigenvalue weighted by molar-refractivity contribution is -0.163. The first kappa shape index (κ1) is 21.5. The Morgan fingerprint density at radius 1 is 1.03 bits per heavy atom. The summed E-state index contributed by atoms with van der Waals surface area (Å²) in [5.74, 6) is -2.64. The number of nitrogens with zero attached hydrogens (tertiary/aromatic N) is 3. The lowest BCUT2D eigenvalue weighted by Crippen LogP contribution is -2.47. The van der Waals surface area contributed by atoms with Crippen molar-refractivity contribution in [3.63, 3.8) is 0 Å². The van der Waals surface area contributed by atoms with Gasteiger partial charge in [0.15, 0.2) is 5.78 Å². The second-order valence-corrected chi connectivity index (χ2v) is 7.12. The average molecular weight is 409 g/mol. The van der Waals surface area contributed by atoms with Crippen LogP contribution >= 0.6 is 0 Å². The van der Waals surface area contributed by atoms with E-state index in [0.717, 1.165) is 11.1 Å². The fraction of sp³-hybridized carbons (Fsp3) is 0.364. The number of rotatable bonds is 8. The fourth-order valence-electron chi connectivity index (χ4n) is 3.61. The third-order valence-electron chi connectivity index (χ3n) is 5.11. The Kier molecular flexibility index (Phi) is 7.57. The highest BCUT2D eigenvalue weighted by molar-refractivity contribution is 5.86. The maximum atomic E-state index is 12.8. The molecule has 0 unspecified atom stereocenters. The van der Waals surface area contributed by atoms with E-state index in [1.165, 1.54) is 0 Å². The first-order valence-corrected chi connectivity index (χ1v) is 9.71. The van der Waals surface area contributed by atoms with E-state index in [1.54, 1.807) is 0 Å². The van der Waals surface area contributed by atoms with Gasteiger partial charge >= 0.3 is 5.97 Å². The predicted octanol–water partition coefficient (Wildman–Crippen LogP) is 3.90. The molecule has 2 aromatic rings. The van der Waals surface area contributed by atoms with Crippen LogP contribution in [0.1, 0.15) is 24.0 Å². The summed E-state index contributed by atoms with van der Waals surface area (Å²) < 4.78 is 11.9. The minimum Gasteiger partial charge on any atom is -0.481 e. The molecule has 1 aliphatic carbocycles. The average Bonchev–Trinajstić information content (AvgIpc) is 2.89. The molecule has 0 saturated heterocycles. The summed E-state index contributed by atoms with van der Waals surface area (Å²) in [5, 5.41) is 13.5. The fourth-order valence-corrected chi connectivity index (χ4v) is 3.61. The van der Waals surface area contributed by atoms with Crippen LogP contribution < -0.4 is 0 Å². The molecule has 3 rings (SSSR count). The molecule has 4 atom stereocenters. The highest BCUT2D eigenvalue weighted by atomic mass is 16.5. The molecule has 1 saturated carbocycles. The lowest BCUT2D eigenvalue weighted by Gasteiger charge is -2.30. The number of hydrogen-bond acceptors (Lipinski definition) is 5. The molecule has 1 N–H and O–H groups in total. The molecule has 1 fully saturated rings. The Bertz CT molecular complexity index is 900. The van der Waals surface area contributed by atoms with E-state index < -0.39 is 30.1 Å². The molecule has 0 aliphatic heterocycles. The summed E-state index contributed by atoms with van der Waals surface area (Å²) in [6.45, 7) is 0.248. The SMILES string of the molecule is [N-]=[N+]=N[C@@H]1CCC(=O)[C@@H](OCc2ccccc2)[C@H](OCc2ccccc2)[C@H]1C(=O)O. The van der Waals surface area contributed by atoms with Crippen molar-refractivity contribution in [1.82, 2.24) is 0 Å². The van der Waals surface area contributed by atoms with E-state index in [-0.39, 0.29) is 31.8 Å². The molecule has 1 aliphatic rings. The first-order chi connectivity index (χ1) is 14.6. The largest absolute Gasteiger partial charge is 0.481 e. The zero-order valence-electron chi connectivity index (χ0n) is 16.3. The maximum absolute atomic E-state index is 12.8. The van der Waals surface area contributed by atoms with Crippen molar-refractivity contribution in [2.45, 2.75) is 44.3 Å². The minimum atomic E-state index is -1.20. The van der Waals surface area contributed by atoms with Gasteiger partial charge in [-0.15, -0.1) is 0 Å². The molecule has 8 nitrogen and oxygen atoms in total. The smallest absolute Gasteiger partial charge is 0.309 e. The van der Waals surface area contributed by atoms with E-state index in [0.29, 0.717) is 0 Å². The van der Waals surface area contributed by atoms with Crippen molar-refractivity contribution in [3.05, 3.63) is 82.2 Å². The predicted molar refractivity (Wildman–Crippen MR) is 108 cm³/mol. The summed E-state index contributed by atoms with van der Waals surface area (Å²) in [7, 11) is 0. The highest BCUT2D eigenvalue weighted by Crippen LogP contribution is 2.31. The number of benzene rings is 2. The summed E-state index contributed by atoms with van der Waals surface area (Å²) >= 11 is 0. The van der Waals surface area contributed by atoms with Crippen LogP contribution in [0.25, 0.3) is 10.4 Å². The van der Waals surface area contributed by atoms with Crippen LogP contribution in [-0.2, 0) is 32.3 Å². The molecule has 0 bridgehead atoms. The van der Waals surface area contributed by atoms with Gasteiger partial charge in [-0.05, 0) is 23.1 Å². The van der Waals surface area contributed by atoms with Gasteiger partial charge in [-0.2, -0.15) is 0 Å². The standard InChI is InChI=1S/C22H23N3O5/c23-25-24-17-11-12-18(26)20(29-13-15-7-3-1-4-8-15)21(19(17)22(27)28)30-14-16-9-5-2-6-10-16/h1-10,17,19-21H,11-14H2,(H,27,28)/t17-,19+,20-,21-/m1/s1. The Balaban J connectivity index is 1.88. The van der Waals surface area contributed by atoms with Crippen molar-refractivity contribution < 1.29 is 24.2 Å². The van der Waals surface area contributed by atoms with Gasteiger partial charge in [-0.3, -0.25) is 9.59 Å². The molecule has 8 heteroatoms. The summed E-state index contributed by atoms with van der Waals surface area (Å²) in [6, 6.07) is 17.6. The van der Waals surface area contributed by atoms with E-state index in [2.05, 4.69) is 10.0 Å². The van der Waals surface area contributed by atoms with Crippen molar-refractivity contribution >= 4 is 11.8 Å². The van der Waals surface area contributed by atoms with Crippen molar-refractivity contribution in [3.8, 4) is 0 Å². The quantitative estimate of drug-likeness (QED) is 0.307. The molecule has 0 aromatic heterocycles. The molecule has 2 aromatic carbocycles. The first-order valence-electron chi connectivity index (χ1n) is 9.71. The number of ketones is 1.